The van der Waals surface area contributed by atoms with Crippen LogP contribution in [0, 0.1) is 28.6 Å². The van der Waals surface area contributed by atoms with Gasteiger partial charge in [0.2, 0.25) is 0 Å². The summed E-state index contributed by atoms with van der Waals surface area (Å²) in [4.78, 5) is 37.1. The maximum absolute atomic E-state index is 12.4. The molecule has 0 aromatic carbocycles. The second-order valence-electron chi connectivity index (χ2n) is 13.4. The summed E-state index contributed by atoms with van der Waals surface area (Å²) in [5.41, 5.74) is 1.32. The van der Waals surface area contributed by atoms with Gasteiger partial charge in [-0.25, -0.2) is 9.59 Å². The molecule has 9 atom stereocenters. The lowest BCUT2D eigenvalue weighted by Gasteiger charge is -2.54. The predicted octanol–water partition coefficient (Wildman–Crippen LogP) is 4.11. The van der Waals surface area contributed by atoms with Crippen molar-refractivity contribution in [1.82, 2.24) is 0 Å². The summed E-state index contributed by atoms with van der Waals surface area (Å²) in [5.74, 6) is -1.65. The number of hydrogen-bond acceptors (Lipinski definition) is 8. The molecular weight excluding hydrogens is 512 g/mol. The highest BCUT2D eigenvalue weighted by molar-refractivity contribution is 5.89. The van der Waals surface area contributed by atoms with E-state index in [1.54, 1.807) is 19.1 Å². The average molecular weight is 555 g/mol. The lowest BCUT2D eigenvalue weighted by molar-refractivity contribution is -0.160. The molecule has 0 saturated heterocycles. The molecule has 0 radical (unpaired) electrons. The molecule has 2 heterocycles. The van der Waals surface area contributed by atoms with Gasteiger partial charge < -0.3 is 24.4 Å². The molecule has 0 unspecified atom stereocenters. The van der Waals surface area contributed by atoms with E-state index in [9.17, 15) is 24.6 Å². The predicted molar refractivity (Wildman–Crippen MR) is 146 cm³/mol. The number of ether oxygens (including phenoxy) is 3. The third-order valence-electron chi connectivity index (χ3n) is 10.9. The summed E-state index contributed by atoms with van der Waals surface area (Å²) < 4.78 is 17.5. The number of esters is 3. The number of carbonyl (C=O) groups excluding carboxylic acids is 3. The van der Waals surface area contributed by atoms with Crippen molar-refractivity contribution in [2.24, 2.45) is 28.6 Å². The van der Waals surface area contributed by atoms with Gasteiger partial charge in [-0.05, 0) is 80.9 Å². The van der Waals surface area contributed by atoms with Crippen LogP contribution in [0.4, 0.5) is 0 Å². The molecule has 8 heteroatoms. The second kappa shape index (κ2) is 9.69. The fourth-order valence-electron chi connectivity index (χ4n) is 8.67. The Hall–Kier alpha value is -2.71. The van der Waals surface area contributed by atoms with Crippen molar-refractivity contribution in [3.8, 4) is 0 Å². The van der Waals surface area contributed by atoms with Crippen molar-refractivity contribution in [2.75, 3.05) is 0 Å². The number of allylic oxidation sites excluding steroid dienone is 1. The quantitative estimate of drug-likeness (QED) is 0.395. The van der Waals surface area contributed by atoms with Crippen molar-refractivity contribution >= 4 is 17.9 Å². The molecule has 0 amide bonds. The number of aliphatic hydroxyl groups excluding tert-OH is 2. The van der Waals surface area contributed by atoms with Crippen LogP contribution in [0.2, 0.25) is 0 Å². The molecule has 1 saturated carbocycles. The van der Waals surface area contributed by atoms with Gasteiger partial charge in [0.05, 0.1) is 6.10 Å². The highest BCUT2D eigenvalue weighted by Gasteiger charge is 2.67. The second-order valence-corrected chi connectivity index (χ2v) is 13.4. The number of hydrogen-bond donors (Lipinski definition) is 2. The van der Waals surface area contributed by atoms with Crippen LogP contribution in [0.5, 0.6) is 0 Å². The summed E-state index contributed by atoms with van der Waals surface area (Å²) in [6, 6.07) is 0. The van der Waals surface area contributed by atoms with Crippen LogP contribution in [0.3, 0.4) is 0 Å². The molecule has 2 aliphatic heterocycles. The monoisotopic (exact) mass is 554 g/mol. The zero-order valence-corrected chi connectivity index (χ0v) is 24.5. The Labute approximate surface area is 236 Å². The minimum Gasteiger partial charge on any atom is -0.462 e. The van der Waals surface area contributed by atoms with Gasteiger partial charge in [0.15, 0.2) is 0 Å². The van der Waals surface area contributed by atoms with Crippen molar-refractivity contribution in [3.05, 3.63) is 46.6 Å². The Morgan fingerprint density at radius 3 is 2.52 bits per heavy atom. The molecule has 8 nitrogen and oxygen atoms in total. The Morgan fingerprint density at radius 1 is 1.15 bits per heavy atom. The van der Waals surface area contributed by atoms with Gasteiger partial charge in [0.1, 0.15) is 23.9 Å². The van der Waals surface area contributed by atoms with Crippen molar-refractivity contribution in [1.29, 1.82) is 0 Å². The zero-order valence-electron chi connectivity index (χ0n) is 24.5. The van der Waals surface area contributed by atoms with Gasteiger partial charge in [0, 0.05) is 29.9 Å². The molecule has 3 aliphatic carbocycles. The smallest absolute Gasteiger partial charge is 0.333 e. The molecule has 0 spiro atoms. The molecule has 0 aromatic heterocycles. The number of carbonyl (C=O) groups is 3. The molecule has 218 valence electrons. The van der Waals surface area contributed by atoms with Gasteiger partial charge in [-0.2, -0.15) is 0 Å². The third kappa shape index (κ3) is 4.30. The number of fused-ring (bicyclic) bond motifs is 3. The van der Waals surface area contributed by atoms with Crippen LogP contribution in [0.1, 0.15) is 74.1 Å². The Balaban J connectivity index is 1.61. The lowest BCUT2D eigenvalue weighted by atomic mass is 9.51. The third-order valence-corrected chi connectivity index (χ3v) is 10.9. The van der Waals surface area contributed by atoms with Crippen LogP contribution in [-0.4, -0.2) is 58.1 Å². The van der Waals surface area contributed by atoms with Gasteiger partial charge in [-0.3, -0.25) is 4.79 Å². The summed E-state index contributed by atoms with van der Waals surface area (Å²) in [6.45, 7) is 13.1. The maximum atomic E-state index is 12.4. The van der Waals surface area contributed by atoms with Crippen molar-refractivity contribution < 1.29 is 38.8 Å². The van der Waals surface area contributed by atoms with E-state index in [2.05, 4.69) is 13.8 Å². The van der Waals surface area contributed by atoms with E-state index in [4.69, 9.17) is 14.2 Å². The topological polar surface area (TPSA) is 119 Å². The highest BCUT2D eigenvalue weighted by Crippen LogP contribution is 2.69. The SMILES string of the molecule is CC(=O)O[C@@H]1C[C@H]([C@H](C)[C@H]2OC(=O)C(C)=C[C@@H]2O)[C@@]2(C)C[C@H](O)C3=C(CC[C@@H]4C(=C3)C=CC(=O)OC4(C)C)[C@]12C. The van der Waals surface area contributed by atoms with Gasteiger partial charge >= 0.3 is 17.9 Å². The molecule has 0 bridgehead atoms. The van der Waals surface area contributed by atoms with E-state index >= 15 is 0 Å². The fourth-order valence-corrected chi connectivity index (χ4v) is 8.67. The highest BCUT2D eigenvalue weighted by atomic mass is 16.6. The minimum absolute atomic E-state index is 0.0713. The maximum Gasteiger partial charge on any atom is 0.333 e. The van der Waals surface area contributed by atoms with E-state index < -0.39 is 46.8 Å². The Morgan fingerprint density at radius 2 is 1.85 bits per heavy atom. The molecule has 0 aromatic rings. The molecular formula is C32H42O8. The molecule has 5 aliphatic rings. The standard InChI is InChI=1S/C32H42O8/c1-16-12-24(34)28(39-29(16)37)17(2)23-14-26(38-18(3)33)32(7)22-10-9-21-19(8-11-27(36)40-30(21,4)5)13-20(22)25(35)15-31(23,32)6/h8,11-13,17,21,23-26,28,34-35H,9-10,14-15H2,1-7H3/t17-,21+,23+,24-,25-,26+,28+,31+,32+/m0/s1. The van der Waals surface area contributed by atoms with Crippen molar-refractivity contribution in [2.45, 2.75) is 104 Å². The van der Waals surface area contributed by atoms with Crippen LogP contribution >= 0.6 is 0 Å². The molecule has 2 N–H and O–H groups in total. The van der Waals surface area contributed by atoms with E-state index in [0.717, 1.165) is 16.7 Å². The van der Waals surface area contributed by atoms with Crippen LogP contribution in [0.15, 0.2) is 46.6 Å². The Bertz CT molecular complexity index is 1250. The van der Waals surface area contributed by atoms with E-state index in [0.29, 0.717) is 31.3 Å². The molecule has 1 fully saturated rings. The molecule has 5 rings (SSSR count). The van der Waals surface area contributed by atoms with Crippen LogP contribution in [-0.2, 0) is 28.6 Å². The number of cyclic esters (lactones) is 2. The van der Waals surface area contributed by atoms with Crippen LogP contribution < -0.4 is 0 Å². The largest absolute Gasteiger partial charge is 0.462 e. The molecule has 40 heavy (non-hydrogen) atoms. The van der Waals surface area contributed by atoms with Gasteiger partial charge in [-0.15, -0.1) is 0 Å². The summed E-state index contributed by atoms with van der Waals surface area (Å²) in [7, 11) is 0. The first-order valence-corrected chi connectivity index (χ1v) is 14.4. The zero-order chi connectivity index (χ0) is 29.4. The first kappa shape index (κ1) is 28.8. The summed E-state index contributed by atoms with van der Waals surface area (Å²) in [6.07, 6.45) is 6.17. The normalized spacial score (nSPS) is 41.2. The van der Waals surface area contributed by atoms with Gasteiger partial charge in [0.25, 0.3) is 0 Å². The first-order chi connectivity index (χ1) is 18.6. The fraction of sp³-hybridized carbons (Fsp3) is 0.656. The van der Waals surface area contributed by atoms with Gasteiger partial charge in [-0.1, -0.05) is 38.5 Å². The Kier molecular flexibility index (Phi) is 6.98. The summed E-state index contributed by atoms with van der Waals surface area (Å²) >= 11 is 0. The van der Waals surface area contributed by atoms with Crippen LogP contribution in [0.25, 0.3) is 0 Å². The number of rotatable bonds is 3. The summed E-state index contributed by atoms with van der Waals surface area (Å²) in [5, 5.41) is 22.6. The first-order valence-electron chi connectivity index (χ1n) is 14.4. The van der Waals surface area contributed by atoms with E-state index in [1.807, 2.05) is 26.8 Å². The van der Waals surface area contributed by atoms with Crippen molar-refractivity contribution in [3.63, 3.8) is 0 Å². The van der Waals surface area contributed by atoms with E-state index in [-0.39, 0.29) is 29.7 Å². The average Bonchev–Trinajstić information content (AvgIpc) is 2.98. The number of aliphatic hydroxyl groups is 2. The minimum atomic E-state index is -0.940. The lowest BCUT2D eigenvalue weighted by Crippen LogP contribution is -2.53. The van der Waals surface area contributed by atoms with E-state index in [1.165, 1.54) is 13.0 Å².